The van der Waals surface area contributed by atoms with E-state index in [0.717, 1.165) is 0 Å². The minimum atomic E-state index is -0.716. The van der Waals surface area contributed by atoms with Gasteiger partial charge in [-0.15, -0.1) is 0 Å². The van der Waals surface area contributed by atoms with Gasteiger partial charge < -0.3 is 24.3 Å². The number of rotatable bonds is 7. The predicted octanol–water partition coefficient (Wildman–Crippen LogP) is 2.06. The molecule has 0 spiro atoms. The van der Waals surface area contributed by atoms with Crippen molar-refractivity contribution in [2.75, 3.05) is 33.3 Å². The zero-order chi connectivity index (χ0) is 21.4. The monoisotopic (exact) mass is 401 g/mol. The molecule has 29 heavy (non-hydrogen) atoms. The van der Waals surface area contributed by atoms with E-state index in [2.05, 4.69) is 14.8 Å². The van der Waals surface area contributed by atoms with Gasteiger partial charge in [-0.25, -0.2) is 14.4 Å². The van der Waals surface area contributed by atoms with Gasteiger partial charge in [0.1, 0.15) is 5.75 Å². The van der Waals surface area contributed by atoms with Crippen LogP contribution < -0.4 is 10.1 Å². The van der Waals surface area contributed by atoms with Gasteiger partial charge >= 0.3 is 17.9 Å². The third-order valence-corrected chi connectivity index (χ3v) is 3.78. The number of ether oxygens (including phenoxy) is 4. The average molecular weight is 401 g/mol. The molecule has 2 rings (SSSR count). The molecule has 0 atom stereocenters. The summed E-state index contributed by atoms with van der Waals surface area (Å²) in [6.07, 6.45) is 0. The van der Waals surface area contributed by atoms with Crippen LogP contribution in [0.3, 0.4) is 0 Å². The Kier molecular flexibility index (Phi) is 7.30. The van der Waals surface area contributed by atoms with E-state index < -0.39 is 30.4 Å². The lowest BCUT2D eigenvalue weighted by Gasteiger charge is -2.12. The molecule has 0 fully saturated rings. The first-order valence-electron chi connectivity index (χ1n) is 8.31. The first-order chi connectivity index (χ1) is 13.9. The molecule has 1 amide bonds. The lowest BCUT2D eigenvalue weighted by molar-refractivity contribution is -0.119. The molecule has 1 N–H and O–H groups in total. The third kappa shape index (κ3) is 5.55. The Hall–Kier alpha value is -3.88. The van der Waals surface area contributed by atoms with Crippen molar-refractivity contribution < 1.29 is 38.1 Å². The minimum Gasteiger partial charge on any atom is -0.497 e. The molecule has 0 saturated carbocycles. The van der Waals surface area contributed by atoms with Crippen molar-refractivity contribution in [3.63, 3.8) is 0 Å². The van der Waals surface area contributed by atoms with Crippen molar-refractivity contribution in [2.45, 2.75) is 0 Å². The summed E-state index contributed by atoms with van der Waals surface area (Å²) in [5, 5.41) is 2.43. The second-order valence-corrected chi connectivity index (χ2v) is 5.60. The molecule has 2 aromatic rings. The number of methoxy groups -OCH3 is 3. The summed E-state index contributed by atoms with van der Waals surface area (Å²) in [6, 6.07) is 10.1. The van der Waals surface area contributed by atoms with Crippen LogP contribution >= 0.6 is 0 Å². The molecule has 0 radical (unpaired) electrons. The van der Waals surface area contributed by atoms with Crippen LogP contribution in [0.15, 0.2) is 42.5 Å². The van der Waals surface area contributed by atoms with Crippen molar-refractivity contribution in [1.29, 1.82) is 0 Å². The Morgan fingerprint density at radius 1 is 0.793 bits per heavy atom. The summed E-state index contributed by atoms with van der Waals surface area (Å²) in [5.41, 5.74) is 0.396. The number of benzene rings is 2. The molecule has 0 heterocycles. The lowest BCUT2D eigenvalue weighted by Crippen LogP contribution is -2.22. The van der Waals surface area contributed by atoms with Gasteiger partial charge in [-0.05, 0) is 42.5 Å². The van der Waals surface area contributed by atoms with Crippen LogP contribution in [0, 0.1) is 0 Å². The van der Waals surface area contributed by atoms with Crippen LogP contribution in [-0.2, 0) is 19.0 Å². The maximum Gasteiger partial charge on any atom is 0.339 e. The van der Waals surface area contributed by atoms with E-state index in [-0.39, 0.29) is 22.4 Å². The van der Waals surface area contributed by atoms with Gasteiger partial charge in [-0.1, -0.05) is 0 Å². The van der Waals surface area contributed by atoms with Crippen molar-refractivity contribution in [2.24, 2.45) is 0 Å². The van der Waals surface area contributed by atoms with Gasteiger partial charge in [0, 0.05) is 0 Å². The van der Waals surface area contributed by atoms with Gasteiger partial charge in [0.2, 0.25) is 0 Å². The van der Waals surface area contributed by atoms with E-state index in [0.29, 0.717) is 5.75 Å². The summed E-state index contributed by atoms with van der Waals surface area (Å²) in [5.74, 6) is -2.21. The number of carbonyl (C=O) groups excluding carboxylic acids is 4. The predicted molar refractivity (Wildman–Crippen MR) is 101 cm³/mol. The Labute approximate surface area is 166 Å². The number of amides is 1. The molecule has 0 aromatic heterocycles. The summed E-state index contributed by atoms with van der Waals surface area (Å²) in [6.45, 7) is -0.603. The smallest absolute Gasteiger partial charge is 0.339 e. The summed E-state index contributed by atoms with van der Waals surface area (Å²) in [4.78, 5) is 47.8. The SMILES string of the molecule is COC(=O)c1ccc(C(=O)OC)c(NC(=O)COC(=O)c2ccc(OC)cc2)c1. The van der Waals surface area contributed by atoms with Gasteiger partial charge in [0.05, 0.1) is 43.7 Å². The standard InChI is InChI=1S/C20H19NO8/c1-26-14-7-4-12(5-8-14)19(24)29-11-17(22)21-16-10-13(18(23)27-2)6-9-15(16)20(25)28-3/h4-10H,11H2,1-3H3,(H,21,22). The van der Waals surface area contributed by atoms with E-state index in [1.807, 2.05) is 0 Å². The van der Waals surface area contributed by atoms with Gasteiger partial charge in [0.15, 0.2) is 6.61 Å². The molecule has 9 nitrogen and oxygen atoms in total. The highest BCUT2D eigenvalue weighted by atomic mass is 16.5. The molecule has 152 valence electrons. The van der Waals surface area contributed by atoms with Crippen LogP contribution in [-0.4, -0.2) is 51.8 Å². The van der Waals surface area contributed by atoms with E-state index >= 15 is 0 Å². The van der Waals surface area contributed by atoms with Crippen molar-refractivity contribution in [3.05, 3.63) is 59.2 Å². The Morgan fingerprint density at radius 3 is 2.00 bits per heavy atom. The molecule has 0 bridgehead atoms. The summed E-state index contributed by atoms with van der Waals surface area (Å²) >= 11 is 0. The lowest BCUT2D eigenvalue weighted by atomic mass is 10.1. The van der Waals surface area contributed by atoms with E-state index in [4.69, 9.17) is 9.47 Å². The Morgan fingerprint density at radius 2 is 1.41 bits per heavy atom. The zero-order valence-electron chi connectivity index (χ0n) is 16.0. The average Bonchev–Trinajstić information content (AvgIpc) is 2.76. The first-order valence-corrected chi connectivity index (χ1v) is 8.31. The van der Waals surface area contributed by atoms with Crippen LogP contribution in [0.25, 0.3) is 0 Å². The van der Waals surface area contributed by atoms with Crippen LogP contribution in [0.5, 0.6) is 5.75 Å². The highest BCUT2D eigenvalue weighted by Gasteiger charge is 2.18. The molecule has 0 unspecified atom stereocenters. The normalized spacial score (nSPS) is 9.90. The second kappa shape index (κ2) is 9.88. The fourth-order valence-corrected chi connectivity index (χ4v) is 2.31. The maximum absolute atomic E-state index is 12.2. The Balaban J connectivity index is 2.08. The van der Waals surface area contributed by atoms with Crippen molar-refractivity contribution >= 4 is 29.5 Å². The number of esters is 3. The molecule has 2 aromatic carbocycles. The number of nitrogens with one attached hydrogen (secondary N) is 1. The topological polar surface area (TPSA) is 117 Å². The molecule has 0 aliphatic heterocycles. The molecule has 9 heteroatoms. The van der Waals surface area contributed by atoms with E-state index in [1.165, 1.54) is 51.7 Å². The van der Waals surface area contributed by atoms with E-state index in [1.54, 1.807) is 12.1 Å². The first kappa shape index (κ1) is 21.4. The molecular formula is C20H19NO8. The van der Waals surface area contributed by atoms with Crippen molar-refractivity contribution in [3.8, 4) is 5.75 Å². The highest BCUT2D eigenvalue weighted by molar-refractivity contribution is 6.04. The quantitative estimate of drug-likeness (QED) is 0.553. The van der Waals surface area contributed by atoms with Crippen LogP contribution in [0.1, 0.15) is 31.1 Å². The maximum atomic E-state index is 12.2. The number of carbonyl (C=O) groups is 4. The fourth-order valence-electron chi connectivity index (χ4n) is 2.31. The fraction of sp³-hybridized carbons (Fsp3) is 0.200. The second-order valence-electron chi connectivity index (χ2n) is 5.60. The third-order valence-electron chi connectivity index (χ3n) is 3.78. The molecule has 0 aliphatic carbocycles. The largest absolute Gasteiger partial charge is 0.497 e. The van der Waals surface area contributed by atoms with Gasteiger partial charge in [0.25, 0.3) is 5.91 Å². The van der Waals surface area contributed by atoms with Gasteiger partial charge in [-0.3, -0.25) is 4.79 Å². The summed E-state index contributed by atoms with van der Waals surface area (Å²) < 4.78 is 19.2. The van der Waals surface area contributed by atoms with Gasteiger partial charge in [-0.2, -0.15) is 0 Å². The van der Waals surface area contributed by atoms with Crippen molar-refractivity contribution in [1.82, 2.24) is 0 Å². The highest BCUT2D eigenvalue weighted by Crippen LogP contribution is 2.20. The number of anilines is 1. The molecule has 0 saturated heterocycles. The minimum absolute atomic E-state index is 0.0187. The molecule has 0 aliphatic rings. The molecular weight excluding hydrogens is 382 g/mol. The number of hydrogen-bond donors (Lipinski definition) is 1. The van der Waals surface area contributed by atoms with Crippen LogP contribution in [0.4, 0.5) is 5.69 Å². The Bertz CT molecular complexity index is 921. The number of hydrogen-bond acceptors (Lipinski definition) is 8. The zero-order valence-corrected chi connectivity index (χ0v) is 16.0. The van der Waals surface area contributed by atoms with Crippen LogP contribution in [0.2, 0.25) is 0 Å². The van der Waals surface area contributed by atoms with E-state index in [9.17, 15) is 19.2 Å². The summed E-state index contributed by atoms with van der Waals surface area (Å²) in [7, 11) is 3.88.